The standard InChI is InChI=1S/C29H29N3O7/c33-16-25(28(36)38-17-19-8-2-1-3-9-19)32-27(35)15-30-26(34)14-31-29(37)39-18-24-22-12-6-4-10-20(22)21-11-5-7-13-23(21)24/h1-13,24-25,33H,14-18H2,(H,30,34)(H,31,37)(H,32,35). The number of esters is 1. The lowest BCUT2D eigenvalue weighted by Crippen LogP contribution is -2.49. The van der Waals surface area contributed by atoms with E-state index >= 15 is 0 Å². The molecule has 1 aliphatic rings. The highest BCUT2D eigenvalue weighted by Gasteiger charge is 2.29. The summed E-state index contributed by atoms with van der Waals surface area (Å²) in [6.07, 6.45) is -0.766. The first-order chi connectivity index (χ1) is 19.0. The lowest BCUT2D eigenvalue weighted by molar-refractivity contribution is -0.150. The van der Waals surface area contributed by atoms with Gasteiger partial charge in [-0.25, -0.2) is 9.59 Å². The second kappa shape index (κ2) is 13.2. The molecule has 1 aliphatic carbocycles. The van der Waals surface area contributed by atoms with E-state index in [2.05, 4.69) is 16.0 Å². The molecule has 3 amide bonds. The van der Waals surface area contributed by atoms with Crippen LogP contribution in [-0.4, -0.2) is 61.3 Å². The fourth-order valence-corrected chi connectivity index (χ4v) is 4.30. The minimum atomic E-state index is -1.28. The van der Waals surface area contributed by atoms with Crippen molar-refractivity contribution in [3.8, 4) is 11.1 Å². The summed E-state index contributed by atoms with van der Waals surface area (Å²) in [7, 11) is 0. The fourth-order valence-electron chi connectivity index (χ4n) is 4.30. The van der Waals surface area contributed by atoms with Crippen LogP contribution in [0.25, 0.3) is 11.1 Å². The summed E-state index contributed by atoms with van der Waals surface area (Å²) in [4.78, 5) is 48.6. The van der Waals surface area contributed by atoms with Crippen LogP contribution in [0.15, 0.2) is 78.9 Å². The molecular formula is C29H29N3O7. The third-order valence-electron chi connectivity index (χ3n) is 6.21. The number of nitrogens with one attached hydrogen (secondary N) is 3. The highest BCUT2D eigenvalue weighted by molar-refractivity contribution is 5.89. The summed E-state index contributed by atoms with van der Waals surface area (Å²) in [5.74, 6) is -2.26. The van der Waals surface area contributed by atoms with Gasteiger partial charge in [-0.05, 0) is 27.8 Å². The summed E-state index contributed by atoms with van der Waals surface area (Å²) < 4.78 is 10.5. The third kappa shape index (κ3) is 7.20. The van der Waals surface area contributed by atoms with E-state index in [0.29, 0.717) is 0 Å². The maximum Gasteiger partial charge on any atom is 0.407 e. The van der Waals surface area contributed by atoms with Crippen LogP contribution in [0.1, 0.15) is 22.6 Å². The third-order valence-corrected chi connectivity index (χ3v) is 6.21. The number of fused-ring (bicyclic) bond motifs is 3. The molecular weight excluding hydrogens is 502 g/mol. The Hall–Kier alpha value is -4.70. The topological polar surface area (TPSA) is 143 Å². The number of hydrogen-bond donors (Lipinski definition) is 4. The Bertz CT molecular complexity index is 1280. The van der Waals surface area contributed by atoms with Gasteiger partial charge in [-0.1, -0.05) is 78.9 Å². The van der Waals surface area contributed by atoms with Crippen LogP contribution >= 0.6 is 0 Å². The number of rotatable bonds is 11. The van der Waals surface area contributed by atoms with Crippen LogP contribution in [-0.2, 0) is 30.5 Å². The van der Waals surface area contributed by atoms with Crippen molar-refractivity contribution in [2.45, 2.75) is 18.6 Å². The van der Waals surface area contributed by atoms with Gasteiger partial charge in [0.25, 0.3) is 0 Å². The average Bonchev–Trinajstić information content (AvgIpc) is 3.29. The maximum absolute atomic E-state index is 12.2. The van der Waals surface area contributed by atoms with E-state index in [1.54, 1.807) is 24.3 Å². The van der Waals surface area contributed by atoms with E-state index < -0.39 is 49.6 Å². The number of ether oxygens (including phenoxy) is 2. The Morgan fingerprint density at radius 3 is 1.97 bits per heavy atom. The van der Waals surface area contributed by atoms with Crippen molar-refractivity contribution in [1.29, 1.82) is 0 Å². The molecule has 0 saturated carbocycles. The van der Waals surface area contributed by atoms with Crippen LogP contribution in [0.5, 0.6) is 0 Å². The molecule has 1 unspecified atom stereocenters. The molecule has 202 valence electrons. The molecule has 3 aromatic carbocycles. The van der Waals surface area contributed by atoms with E-state index in [9.17, 15) is 24.3 Å². The van der Waals surface area contributed by atoms with Crippen LogP contribution in [0.2, 0.25) is 0 Å². The Labute approximate surface area is 225 Å². The van der Waals surface area contributed by atoms with E-state index in [1.807, 2.05) is 54.6 Å². The van der Waals surface area contributed by atoms with Gasteiger partial charge in [0.1, 0.15) is 19.8 Å². The van der Waals surface area contributed by atoms with Gasteiger partial charge in [-0.2, -0.15) is 0 Å². The van der Waals surface area contributed by atoms with E-state index in [-0.39, 0.29) is 19.1 Å². The normalized spacial score (nSPS) is 12.4. The van der Waals surface area contributed by atoms with Crippen molar-refractivity contribution in [2.75, 3.05) is 26.3 Å². The second-order valence-electron chi connectivity index (χ2n) is 8.85. The zero-order valence-electron chi connectivity index (χ0n) is 21.1. The van der Waals surface area contributed by atoms with Crippen molar-refractivity contribution in [2.24, 2.45) is 0 Å². The molecule has 0 spiro atoms. The average molecular weight is 532 g/mol. The molecule has 10 nitrogen and oxygen atoms in total. The second-order valence-corrected chi connectivity index (χ2v) is 8.85. The molecule has 1 atom stereocenters. The summed E-state index contributed by atoms with van der Waals surface area (Å²) in [6, 6.07) is 23.5. The van der Waals surface area contributed by atoms with Gasteiger partial charge in [-0.3, -0.25) is 9.59 Å². The van der Waals surface area contributed by atoms with E-state index in [1.165, 1.54) is 0 Å². The van der Waals surface area contributed by atoms with Gasteiger partial charge >= 0.3 is 12.1 Å². The van der Waals surface area contributed by atoms with Gasteiger partial charge in [0.2, 0.25) is 11.8 Å². The Balaban J connectivity index is 1.16. The number of benzene rings is 3. The molecule has 0 aromatic heterocycles. The molecule has 4 rings (SSSR count). The molecule has 0 saturated heterocycles. The van der Waals surface area contributed by atoms with Crippen molar-refractivity contribution >= 4 is 23.9 Å². The molecule has 0 heterocycles. The largest absolute Gasteiger partial charge is 0.459 e. The summed E-state index contributed by atoms with van der Waals surface area (Å²) in [5, 5.41) is 16.4. The Morgan fingerprint density at radius 2 is 1.33 bits per heavy atom. The first kappa shape index (κ1) is 27.3. The van der Waals surface area contributed by atoms with E-state index in [0.717, 1.165) is 27.8 Å². The molecule has 3 aromatic rings. The molecule has 39 heavy (non-hydrogen) atoms. The number of carbonyl (C=O) groups is 4. The number of aliphatic hydroxyl groups excluding tert-OH is 1. The van der Waals surface area contributed by atoms with Crippen LogP contribution in [0, 0.1) is 0 Å². The van der Waals surface area contributed by atoms with Crippen molar-refractivity contribution < 1.29 is 33.8 Å². The van der Waals surface area contributed by atoms with Crippen molar-refractivity contribution in [3.05, 3.63) is 95.6 Å². The predicted octanol–water partition coefficient (Wildman–Crippen LogP) is 1.86. The molecule has 0 aliphatic heterocycles. The quantitative estimate of drug-likeness (QED) is 0.277. The number of alkyl carbamates (subject to hydrolysis) is 1. The minimum Gasteiger partial charge on any atom is -0.459 e. The highest BCUT2D eigenvalue weighted by atomic mass is 16.5. The van der Waals surface area contributed by atoms with Crippen molar-refractivity contribution in [1.82, 2.24) is 16.0 Å². The first-order valence-electron chi connectivity index (χ1n) is 12.4. The smallest absolute Gasteiger partial charge is 0.407 e. The molecule has 0 fully saturated rings. The maximum atomic E-state index is 12.2. The minimum absolute atomic E-state index is 0.00961. The number of hydrogen-bond acceptors (Lipinski definition) is 7. The Kier molecular flexibility index (Phi) is 9.25. The monoisotopic (exact) mass is 531 g/mol. The lowest BCUT2D eigenvalue weighted by Gasteiger charge is -2.16. The lowest BCUT2D eigenvalue weighted by atomic mass is 9.98. The van der Waals surface area contributed by atoms with Crippen molar-refractivity contribution in [3.63, 3.8) is 0 Å². The van der Waals surface area contributed by atoms with Crippen LogP contribution < -0.4 is 16.0 Å². The zero-order chi connectivity index (χ0) is 27.6. The SMILES string of the molecule is O=C(CNC(=O)OCC1c2ccccc2-c2ccccc21)NCC(=O)NC(CO)C(=O)OCc1ccccc1. The number of aliphatic hydroxyl groups is 1. The van der Waals surface area contributed by atoms with E-state index in [4.69, 9.17) is 9.47 Å². The fraction of sp³-hybridized carbons (Fsp3) is 0.241. The molecule has 0 radical (unpaired) electrons. The van der Waals surface area contributed by atoms with Crippen LogP contribution in [0.3, 0.4) is 0 Å². The summed E-state index contributed by atoms with van der Waals surface area (Å²) in [6.45, 7) is -1.45. The first-order valence-corrected chi connectivity index (χ1v) is 12.4. The summed E-state index contributed by atoms with van der Waals surface area (Å²) in [5.41, 5.74) is 5.10. The van der Waals surface area contributed by atoms with Gasteiger partial charge in [-0.15, -0.1) is 0 Å². The highest BCUT2D eigenvalue weighted by Crippen LogP contribution is 2.44. The number of amides is 3. The Morgan fingerprint density at radius 1 is 0.744 bits per heavy atom. The number of carbonyl (C=O) groups excluding carboxylic acids is 4. The predicted molar refractivity (Wildman–Crippen MR) is 141 cm³/mol. The molecule has 10 heteroatoms. The van der Waals surface area contributed by atoms with Gasteiger partial charge in [0.15, 0.2) is 6.04 Å². The van der Waals surface area contributed by atoms with Crippen LogP contribution in [0.4, 0.5) is 4.79 Å². The van der Waals surface area contributed by atoms with Gasteiger partial charge < -0.3 is 30.5 Å². The van der Waals surface area contributed by atoms with Gasteiger partial charge in [0.05, 0.1) is 13.2 Å². The van der Waals surface area contributed by atoms with Gasteiger partial charge in [0, 0.05) is 5.92 Å². The molecule has 4 N–H and O–H groups in total. The summed E-state index contributed by atoms with van der Waals surface area (Å²) >= 11 is 0. The zero-order valence-corrected chi connectivity index (χ0v) is 21.1. The molecule has 0 bridgehead atoms.